The van der Waals surface area contributed by atoms with Crippen LogP contribution in [-0.4, -0.2) is 54.9 Å². The van der Waals surface area contributed by atoms with Gasteiger partial charge >= 0.3 is 0 Å². The van der Waals surface area contributed by atoms with E-state index >= 15 is 0 Å². The van der Waals surface area contributed by atoms with Crippen LogP contribution in [0, 0.1) is 0 Å². The molecule has 1 fully saturated rings. The predicted molar refractivity (Wildman–Crippen MR) is 146 cm³/mol. The normalized spacial score (nSPS) is 16.0. The van der Waals surface area contributed by atoms with Crippen LogP contribution in [0.15, 0.2) is 71.9 Å². The van der Waals surface area contributed by atoms with E-state index in [0.29, 0.717) is 41.6 Å². The first kappa shape index (κ1) is 26.1. The molecular weight excluding hydrogens is 524 g/mol. The Balaban J connectivity index is 1.52. The summed E-state index contributed by atoms with van der Waals surface area (Å²) in [4.78, 5) is 24.8. The lowest BCUT2D eigenvalue weighted by atomic mass is 10.2. The molecular formula is C27H28N4O5S2. The van der Waals surface area contributed by atoms with E-state index in [1.54, 1.807) is 35.5 Å². The van der Waals surface area contributed by atoms with Gasteiger partial charge < -0.3 is 9.47 Å². The monoisotopic (exact) mass is 552 g/mol. The molecule has 2 aromatic heterocycles. The number of para-hydroxylation sites is 1. The smallest absolute Gasteiger partial charge is 0.247 e. The molecule has 2 aromatic carbocycles. The van der Waals surface area contributed by atoms with Crippen LogP contribution in [-0.2, 0) is 21.4 Å². The van der Waals surface area contributed by atoms with Gasteiger partial charge in [0.05, 0.1) is 29.9 Å². The van der Waals surface area contributed by atoms with E-state index in [1.165, 1.54) is 34.9 Å². The molecule has 4 aromatic rings. The molecule has 5 rings (SSSR count). The van der Waals surface area contributed by atoms with Crippen LogP contribution in [0.5, 0.6) is 11.5 Å². The molecule has 1 aliphatic rings. The van der Waals surface area contributed by atoms with Gasteiger partial charge in [-0.2, -0.15) is 4.31 Å². The fourth-order valence-corrected chi connectivity index (χ4v) is 7.19. The second-order valence-corrected chi connectivity index (χ2v) is 11.7. The summed E-state index contributed by atoms with van der Waals surface area (Å²) in [6, 6.07) is 14.7. The second kappa shape index (κ2) is 11.1. The topological polar surface area (TPSA) is 102 Å². The molecule has 1 amide bonds. The van der Waals surface area contributed by atoms with Crippen LogP contribution >= 0.6 is 11.3 Å². The minimum absolute atomic E-state index is 0.123. The van der Waals surface area contributed by atoms with E-state index < -0.39 is 16.1 Å². The Morgan fingerprint density at radius 1 is 1.16 bits per heavy atom. The highest BCUT2D eigenvalue weighted by Gasteiger charge is 2.42. The van der Waals surface area contributed by atoms with Crippen molar-refractivity contribution in [3.63, 3.8) is 0 Å². The van der Waals surface area contributed by atoms with E-state index in [9.17, 15) is 13.2 Å². The zero-order valence-electron chi connectivity index (χ0n) is 21.1. The quantitative estimate of drug-likeness (QED) is 0.302. The highest BCUT2D eigenvalue weighted by Crippen LogP contribution is 2.36. The Morgan fingerprint density at radius 3 is 2.68 bits per heavy atom. The van der Waals surface area contributed by atoms with Crippen LogP contribution in [0.1, 0.15) is 25.3 Å². The van der Waals surface area contributed by atoms with Gasteiger partial charge in [0.25, 0.3) is 0 Å². The van der Waals surface area contributed by atoms with Crippen molar-refractivity contribution >= 4 is 42.6 Å². The number of nitrogens with zero attached hydrogens (tertiary/aromatic N) is 4. The van der Waals surface area contributed by atoms with Gasteiger partial charge in [-0.15, -0.1) is 0 Å². The van der Waals surface area contributed by atoms with Gasteiger partial charge in [-0.05, 0) is 67.8 Å². The molecule has 9 nitrogen and oxygen atoms in total. The number of fused-ring (bicyclic) bond motifs is 1. The van der Waals surface area contributed by atoms with Gasteiger partial charge in [-0.3, -0.25) is 14.7 Å². The molecule has 11 heteroatoms. The summed E-state index contributed by atoms with van der Waals surface area (Å²) in [7, 11) is -2.38. The van der Waals surface area contributed by atoms with Crippen molar-refractivity contribution in [1.29, 1.82) is 0 Å². The summed E-state index contributed by atoms with van der Waals surface area (Å²) in [5.41, 5.74) is 1.49. The first-order valence-corrected chi connectivity index (χ1v) is 14.6. The number of carbonyl (C=O) groups excluding carboxylic acids is 1. The second-order valence-electron chi connectivity index (χ2n) is 8.77. The number of carbonyl (C=O) groups is 1. The van der Waals surface area contributed by atoms with Crippen LogP contribution in [0.2, 0.25) is 0 Å². The molecule has 1 saturated heterocycles. The van der Waals surface area contributed by atoms with Gasteiger partial charge in [0, 0.05) is 18.9 Å². The molecule has 0 saturated carbocycles. The number of rotatable bonds is 9. The minimum Gasteiger partial charge on any atom is -0.497 e. The van der Waals surface area contributed by atoms with E-state index in [1.807, 2.05) is 31.2 Å². The standard InChI is InChI=1S/C27H28N4O5S2/c1-3-36-23-9-4-10-24-25(23)29-27(37-24)30(18-19-7-5-15-28-17-19)26(32)22-8-6-16-31(22)38(33,34)21-13-11-20(35-2)12-14-21/h4-5,7,9-15,17,22H,3,6,8,16,18H2,1-2H3. The lowest BCUT2D eigenvalue weighted by Crippen LogP contribution is -2.47. The number of pyridine rings is 1. The van der Waals surface area contributed by atoms with Crippen molar-refractivity contribution < 1.29 is 22.7 Å². The maximum absolute atomic E-state index is 14.1. The average Bonchev–Trinajstić information content (AvgIpc) is 3.61. The molecule has 0 N–H and O–H groups in total. The van der Waals surface area contributed by atoms with E-state index in [2.05, 4.69) is 4.98 Å². The number of thiazole rings is 1. The minimum atomic E-state index is -3.90. The number of anilines is 1. The number of sulfonamides is 1. The maximum atomic E-state index is 14.1. The summed E-state index contributed by atoms with van der Waals surface area (Å²) in [5.74, 6) is 0.884. The molecule has 38 heavy (non-hydrogen) atoms. The number of ether oxygens (including phenoxy) is 2. The van der Waals surface area contributed by atoms with Crippen molar-refractivity contribution in [2.75, 3.05) is 25.2 Å². The Bertz CT molecular complexity index is 1520. The zero-order valence-corrected chi connectivity index (χ0v) is 22.7. The van der Waals surface area contributed by atoms with Crippen LogP contribution in [0.3, 0.4) is 0 Å². The molecule has 0 aliphatic carbocycles. The number of hydrogen-bond acceptors (Lipinski definition) is 8. The summed E-state index contributed by atoms with van der Waals surface area (Å²) >= 11 is 1.37. The predicted octanol–water partition coefficient (Wildman–Crippen LogP) is 4.49. The number of aromatic nitrogens is 2. The largest absolute Gasteiger partial charge is 0.497 e. The van der Waals surface area contributed by atoms with Crippen molar-refractivity contribution in [3.8, 4) is 11.5 Å². The molecule has 3 heterocycles. The molecule has 1 aliphatic heterocycles. The fraction of sp³-hybridized carbons (Fsp3) is 0.296. The van der Waals surface area contributed by atoms with Gasteiger partial charge in [-0.25, -0.2) is 13.4 Å². The highest BCUT2D eigenvalue weighted by atomic mass is 32.2. The van der Waals surface area contributed by atoms with Crippen molar-refractivity contribution in [3.05, 3.63) is 72.6 Å². The van der Waals surface area contributed by atoms with Crippen LogP contribution < -0.4 is 14.4 Å². The average molecular weight is 553 g/mol. The van der Waals surface area contributed by atoms with Gasteiger partial charge in [0.2, 0.25) is 15.9 Å². The van der Waals surface area contributed by atoms with Gasteiger partial charge in [0.1, 0.15) is 23.1 Å². The third-order valence-corrected chi connectivity index (χ3v) is 9.35. The highest BCUT2D eigenvalue weighted by molar-refractivity contribution is 7.89. The lowest BCUT2D eigenvalue weighted by Gasteiger charge is -2.28. The molecule has 1 atom stereocenters. The van der Waals surface area contributed by atoms with Crippen molar-refractivity contribution in [2.45, 2.75) is 37.2 Å². The SMILES string of the molecule is CCOc1cccc2sc(N(Cc3cccnc3)C(=O)C3CCCN3S(=O)(=O)c3ccc(OC)cc3)nc12. The summed E-state index contributed by atoms with van der Waals surface area (Å²) in [6.45, 7) is 2.87. The number of amides is 1. The Morgan fingerprint density at radius 2 is 1.97 bits per heavy atom. The number of hydrogen-bond donors (Lipinski definition) is 0. The molecule has 198 valence electrons. The summed E-state index contributed by atoms with van der Waals surface area (Å²) in [5, 5.41) is 0.481. The van der Waals surface area contributed by atoms with Crippen LogP contribution in [0.4, 0.5) is 5.13 Å². The van der Waals surface area contributed by atoms with E-state index in [0.717, 1.165) is 10.3 Å². The van der Waals surface area contributed by atoms with Crippen LogP contribution in [0.25, 0.3) is 10.2 Å². The fourth-order valence-electron chi connectivity index (χ4n) is 4.55. The molecule has 0 bridgehead atoms. The van der Waals surface area contributed by atoms with E-state index in [4.69, 9.17) is 14.5 Å². The molecule has 0 spiro atoms. The lowest BCUT2D eigenvalue weighted by molar-refractivity contribution is -0.121. The molecule has 0 radical (unpaired) electrons. The number of benzene rings is 2. The first-order chi connectivity index (χ1) is 18.4. The van der Waals surface area contributed by atoms with Crippen molar-refractivity contribution in [2.24, 2.45) is 0 Å². The third kappa shape index (κ3) is 5.09. The Labute approximate surface area is 225 Å². The number of methoxy groups -OCH3 is 1. The summed E-state index contributed by atoms with van der Waals surface area (Å²) < 4.78 is 40.3. The molecule has 1 unspecified atom stereocenters. The Kier molecular flexibility index (Phi) is 7.59. The zero-order chi connectivity index (χ0) is 26.7. The first-order valence-electron chi connectivity index (χ1n) is 12.3. The van der Waals surface area contributed by atoms with Crippen molar-refractivity contribution in [1.82, 2.24) is 14.3 Å². The maximum Gasteiger partial charge on any atom is 0.247 e. The Hall–Kier alpha value is -3.54. The van der Waals surface area contributed by atoms with Gasteiger partial charge in [0.15, 0.2) is 5.13 Å². The van der Waals surface area contributed by atoms with E-state index in [-0.39, 0.29) is 23.9 Å². The van der Waals surface area contributed by atoms with Gasteiger partial charge in [-0.1, -0.05) is 23.5 Å². The summed E-state index contributed by atoms with van der Waals surface area (Å²) in [6.07, 6.45) is 4.37. The third-order valence-electron chi connectivity index (χ3n) is 6.39.